The van der Waals surface area contributed by atoms with Crippen LogP contribution < -0.4 is 5.32 Å². The van der Waals surface area contributed by atoms with E-state index in [1.807, 2.05) is 0 Å². The molecule has 0 saturated carbocycles. The van der Waals surface area contributed by atoms with E-state index in [-0.39, 0.29) is 11.3 Å². The molecule has 0 spiro atoms. The molecule has 0 fully saturated rings. The average Bonchev–Trinajstić information content (AvgIpc) is 2.36. The minimum absolute atomic E-state index is 0.0599. The summed E-state index contributed by atoms with van der Waals surface area (Å²) >= 11 is 3.11. The molecule has 1 N–H and O–H groups in total. The molecule has 6 heteroatoms. The van der Waals surface area contributed by atoms with Gasteiger partial charge in [0.25, 0.3) is 5.91 Å². The van der Waals surface area contributed by atoms with Crippen LogP contribution >= 0.6 is 15.9 Å². The second-order valence-electron chi connectivity index (χ2n) is 3.71. The Hall–Kier alpha value is -1.82. The third-order valence-corrected chi connectivity index (χ3v) is 3.04. The van der Waals surface area contributed by atoms with Gasteiger partial charge in [0.2, 0.25) is 0 Å². The highest BCUT2D eigenvalue weighted by molar-refractivity contribution is 9.10. The molecular formula is C13H7BrF3NO. The first-order chi connectivity index (χ1) is 8.97. The highest BCUT2D eigenvalue weighted by atomic mass is 79.9. The van der Waals surface area contributed by atoms with Crippen molar-refractivity contribution in [2.75, 3.05) is 5.32 Å². The molecular weight excluding hydrogens is 323 g/mol. The minimum atomic E-state index is -1.07. The summed E-state index contributed by atoms with van der Waals surface area (Å²) in [6, 6.07) is 6.57. The number of hydrogen-bond acceptors (Lipinski definition) is 1. The fourth-order valence-electron chi connectivity index (χ4n) is 1.44. The molecule has 98 valence electrons. The SMILES string of the molecule is O=C(Nc1ccc(F)c(F)c1)c1cc(F)ccc1Br. The van der Waals surface area contributed by atoms with Gasteiger partial charge in [0.05, 0.1) is 5.56 Å². The smallest absolute Gasteiger partial charge is 0.256 e. The van der Waals surface area contributed by atoms with Crippen molar-refractivity contribution in [2.24, 2.45) is 0 Å². The van der Waals surface area contributed by atoms with Gasteiger partial charge in [0.15, 0.2) is 11.6 Å². The molecule has 2 aromatic rings. The van der Waals surface area contributed by atoms with Crippen molar-refractivity contribution < 1.29 is 18.0 Å². The van der Waals surface area contributed by atoms with Crippen LogP contribution in [0.1, 0.15) is 10.4 Å². The third-order valence-electron chi connectivity index (χ3n) is 2.35. The molecule has 0 unspecified atom stereocenters. The number of benzene rings is 2. The number of halogens is 4. The van der Waals surface area contributed by atoms with E-state index >= 15 is 0 Å². The van der Waals surface area contributed by atoms with Gasteiger partial charge in [-0.15, -0.1) is 0 Å². The summed E-state index contributed by atoms with van der Waals surface area (Å²) in [7, 11) is 0. The van der Waals surface area contributed by atoms with Crippen LogP contribution in [0.25, 0.3) is 0 Å². The van der Waals surface area contributed by atoms with Crippen molar-refractivity contribution in [3.63, 3.8) is 0 Å². The van der Waals surface area contributed by atoms with Gasteiger partial charge in [0.1, 0.15) is 5.82 Å². The van der Waals surface area contributed by atoms with E-state index in [1.165, 1.54) is 18.2 Å². The van der Waals surface area contributed by atoms with E-state index in [1.54, 1.807) is 0 Å². The topological polar surface area (TPSA) is 29.1 Å². The molecule has 0 aliphatic heterocycles. The van der Waals surface area contributed by atoms with Gasteiger partial charge >= 0.3 is 0 Å². The van der Waals surface area contributed by atoms with Crippen molar-refractivity contribution in [2.45, 2.75) is 0 Å². The Bertz CT molecular complexity index is 646. The maximum absolute atomic E-state index is 13.1. The number of amides is 1. The number of anilines is 1. The van der Waals surface area contributed by atoms with Gasteiger partial charge in [-0.1, -0.05) is 0 Å². The molecule has 0 aromatic heterocycles. The van der Waals surface area contributed by atoms with Gasteiger partial charge in [-0.05, 0) is 46.3 Å². The maximum atomic E-state index is 13.1. The first-order valence-electron chi connectivity index (χ1n) is 5.19. The second kappa shape index (κ2) is 5.44. The van der Waals surface area contributed by atoms with E-state index in [0.717, 1.165) is 18.2 Å². The highest BCUT2D eigenvalue weighted by Gasteiger charge is 2.12. The maximum Gasteiger partial charge on any atom is 0.256 e. The Morgan fingerprint density at radius 2 is 1.74 bits per heavy atom. The fourth-order valence-corrected chi connectivity index (χ4v) is 1.87. The van der Waals surface area contributed by atoms with Gasteiger partial charge < -0.3 is 5.32 Å². The first kappa shape index (κ1) is 13.6. The molecule has 2 rings (SSSR count). The van der Waals surface area contributed by atoms with Crippen LogP contribution in [0, 0.1) is 17.5 Å². The molecule has 0 aliphatic carbocycles. The lowest BCUT2D eigenvalue weighted by molar-refractivity contribution is 0.102. The standard InChI is InChI=1S/C13H7BrF3NO/c14-10-3-1-7(15)5-9(10)13(19)18-8-2-4-11(16)12(17)6-8/h1-6H,(H,18,19). The number of nitrogens with one attached hydrogen (secondary N) is 1. The largest absolute Gasteiger partial charge is 0.322 e. The highest BCUT2D eigenvalue weighted by Crippen LogP contribution is 2.20. The predicted octanol–water partition coefficient (Wildman–Crippen LogP) is 4.12. The number of carbonyl (C=O) groups excluding carboxylic acids is 1. The summed E-state index contributed by atoms with van der Waals surface area (Å²) in [5, 5.41) is 2.35. The monoisotopic (exact) mass is 329 g/mol. The lowest BCUT2D eigenvalue weighted by Crippen LogP contribution is -2.13. The van der Waals surface area contributed by atoms with E-state index in [0.29, 0.717) is 4.47 Å². The van der Waals surface area contributed by atoms with Crippen molar-refractivity contribution in [3.8, 4) is 0 Å². The van der Waals surface area contributed by atoms with Crippen LogP contribution in [0.3, 0.4) is 0 Å². The van der Waals surface area contributed by atoms with E-state index < -0.39 is 23.4 Å². The summed E-state index contributed by atoms with van der Waals surface area (Å²) < 4.78 is 39.2. The zero-order valence-electron chi connectivity index (χ0n) is 9.38. The molecule has 0 bridgehead atoms. The second-order valence-corrected chi connectivity index (χ2v) is 4.56. The molecule has 2 aromatic carbocycles. The summed E-state index contributed by atoms with van der Waals surface area (Å²) in [6.45, 7) is 0. The predicted molar refractivity (Wildman–Crippen MR) is 68.4 cm³/mol. The number of hydrogen-bond donors (Lipinski definition) is 1. The van der Waals surface area contributed by atoms with Crippen LogP contribution in [0.2, 0.25) is 0 Å². The molecule has 19 heavy (non-hydrogen) atoms. The summed E-state index contributed by atoms with van der Waals surface area (Å²) in [6.07, 6.45) is 0. The Balaban J connectivity index is 2.25. The Morgan fingerprint density at radius 1 is 1.00 bits per heavy atom. The zero-order valence-corrected chi connectivity index (χ0v) is 11.0. The van der Waals surface area contributed by atoms with E-state index in [2.05, 4.69) is 21.2 Å². The summed E-state index contributed by atoms with van der Waals surface area (Å²) in [4.78, 5) is 11.9. The Labute approximate surface area is 115 Å². The third kappa shape index (κ3) is 3.14. The van der Waals surface area contributed by atoms with Gasteiger partial charge in [-0.25, -0.2) is 13.2 Å². The van der Waals surface area contributed by atoms with Crippen molar-refractivity contribution >= 4 is 27.5 Å². The van der Waals surface area contributed by atoms with Gasteiger partial charge in [-0.3, -0.25) is 4.79 Å². The molecule has 0 atom stereocenters. The van der Waals surface area contributed by atoms with Crippen LogP contribution in [-0.4, -0.2) is 5.91 Å². The molecule has 0 heterocycles. The molecule has 0 radical (unpaired) electrons. The summed E-state index contributed by atoms with van der Waals surface area (Å²) in [5.74, 6) is -3.28. The zero-order chi connectivity index (χ0) is 14.0. The quantitative estimate of drug-likeness (QED) is 0.882. The van der Waals surface area contributed by atoms with Crippen LogP contribution in [0.15, 0.2) is 40.9 Å². The van der Waals surface area contributed by atoms with Crippen molar-refractivity contribution in [1.29, 1.82) is 0 Å². The lowest BCUT2D eigenvalue weighted by atomic mass is 10.2. The van der Waals surface area contributed by atoms with Crippen LogP contribution in [-0.2, 0) is 0 Å². The first-order valence-corrected chi connectivity index (χ1v) is 5.98. The average molecular weight is 330 g/mol. The number of rotatable bonds is 2. The van der Waals surface area contributed by atoms with Crippen molar-refractivity contribution in [1.82, 2.24) is 0 Å². The normalized spacial score (nSPS) is 10.3. The fraction of sp³-hybridized carbons (Fsp3) is 0. The molecule has 0 saturated heterocycles. The minimum Gasteiger partial charge on any atom is -0.322 e. The van der Waals surface area contributed by atoms with E-state index in [4.69, 9.17) is 0 Å². The van der Waals surface area contributed by atoms with Gasteiger partial charge in [-0.2, -0.15) is 0 Å². The van der Waals surface area contributed by atoms with Crippen LogP contribution in [0.5, 0.6) is 0 Å². The molecule has 1 amide bonds. The number of carbonyl (C=O) groups is 1. The van der Waals surface area contributed by atoms with Crippen LogP contribution in [0.4, 0.5) is 18.9 Å². The lowest BCUT2D eigenvalue weighted by Gasteiger charge is -2.07. The van der Waals surface area contributed by atoms with E-state index in [9.17, 15) is 18.0 Å². The molecule has 2 nitrogen and oxygen atoms in total. The van der Waals surface area contributed by atoms with Crippen molar-refractivity contribution in [3.05, 3.63) is 63.9 Å². The summed E-state index contributed by atoms with van der Waals surface area (Å²) in [5.41, 5.74) is 0.143. The Morgan fingerprint density at radius 3 is 2.42 bits per heavy atom. The van der Waals surface area contributed by atoms with Gasteiger partial charge in [0, 0.05) is 16.2 Å². The Kier molecular flexibility index (Phi) is 3.90. The molecule has 0 aliphatic rings.